The lowest BCUT2D eigenvalue weighted by atomic mass is 9.94. The van der Waals surface area contributed by atoms with Gasteiger partial charge in [-0.1, -0.05) is 6.08 Å². The first-order valence-electron chi connectivity index (χ1n) is 6.80. The molecule has 0 radical (unpaired) electrons. The lowest BCUT2D eigenvalue weighted by Gasteiger charge is -2.38. The average molecular weight is 279 g/mol. The van der Waals surface area contributed by atoms with Gasteiger partial charge in [-0.05, 0) is 45.8 Å². The molecule has 2 aliphatic rings. The van der Waals surface area contributed by atoms with Gasteiger partial charge in [0.05, 0.1) is 6.04 Å². The Kier molecular flexibility index (Phi) is 3.63. The SMILES string of the molecule is C=C[C@H]1CC[C@@]2(C=CCOC2=O)N1C(=O)OC(C)(C)C. The van der Waals surface area contributed by atoms with Crippen LogP contribution in [0.1, 0.15) is 33.6 Å². The smallest absolute Gasteiger partial charge is 0.412 e. The normalized spacial score (nSPS) is 29.4. The number of ether oxygens (including phenoxy) is 2. The second-order valence-corrected chi connectivity index (χ2v) is 6.12. The molecule has 0 unspecified atom stereocenters. The van der Waals surface area contributed by atoms with Crippen molar-refractivity contribution in [2.75, 3.05) is 6.61 Å². The number of hydrogen-bond acceptors (Lipinski definition) is 4. The molecule has 2 aliphatic heterocycles. The highest BCUT2D eigenvalue weighted by Gasteiger charge is 2.54. The fourth-order valence-corrected chi connectivity index (χ4v) is 2.67. The van der Waals surface area contributed by atoms with Gasteiger partial charge in [-0.3, -0.25) is 4.90 Å². The van der Waals surface area contributed by atoms with Crippen molar-refractivity contribution in [1.82, 2.24) is 4.90 Å². The van der Waals surface area contributed by atoms with Crippen molar-refractivity contribution < 1.29 is 19.1 Å². The number of esters is 1. The molecule has 1 fully saturated rings. The summed E-state index contributed by atoms with van der Waals surface area (Å²) in [6, 6.07) is -0.222. The van der Waals surface area contributed by atoms with Crippen LogP contribution in [0.25, 0.3) is 0 Å². The van der Waals surface area contributed by atoms with E-state index < -0.39 is 23.2 Å². The summed E-state index contributed by atoms with van der Waals surface area (Å²) >= 11 is 0. The van der Waals surface area contributed by atoms with Crippen LogP contribution in [0.15, 0.2) is 24.8 Å². The van der Waals surface area contributed by atoms with Crippen LogP contribution in [-0.4, -0.2) is 40.8 Å². The second kappa shape index (κ2) is 4.96. The van der Waals surface area contributed by atoms with Crippen molar-refractivity contribution >= 4 is 12.1 Å². The van der Waals surface area contributed by atoms with Gasteiger partial charge in [-0.25, -0.2) is 9.59 Å². The minimum Gasteiger partial charge on any atom is -0.459 e. The zero-order valence-electron chi connectivity index (χ0n) is 12.2. The van der Waals surface area contributed by atoms with E-state index in [1.165, 1.54) is 4.90 Å². The summed E-state index contributed by atoms with van der Waals surface area (Å²) in [5.41, 5.74) is -1.66. The summed E-state index contributed by atoms with van der Waals surface area (Å²) in [6.07, 6.45) is 5.88. The summed E-state index contributed by atoms with van der Waals surface area (Å²) < 4.78 is 10.5. The molecule has 0 N–H and O–H groups in total. The first-order chi connectivity index (χ1) is 9.30. The Hall–Kier alpha value is -1.78. The van der Waals surface area contributed by atoms with E-state index in [1.54, 1.807) is 39.0 Å². The number of likely N-dealkylation sites (tertiary alicyclic amines) is 1. The maximum absolute atomic E-state index is 12.5. The molecule has 0 saturated carbocycles. The molecule has 5 nitrogen and oxygen atoms in total. The molecule has 0 aromatic heterocycles. The number of carbonyl (C=O) groups excluding carboxylic acids is 2. The van der Waals surface area contributed by atoms with Crippen LogP contribution in [0.5, 0.6) is 0 Å². The van der Waals surface area contributed by atoms with Crippen molar-refractivity contribution in [2.24, 2.45) is 0 Å². The zero-order valence-corrected chi connectivity index (χ0v) is 12.2. The first-order valence-corrected chi connectivity index (χ1v) is 6.80. The van der Waals surface area contributed by atoms with Crippen LogP contribution in [0.2, 0.25) is 0 Å². The van der Waals surface area contributed by atoms with Crippen molar-refractivity contribution in [3.63, 3.8) is 0 Å². The summed E-state index contributed by atoms with van der Waals surface area (Å²) in [5, 5.41) is 0. The minimum atomic E-state index is -1.04. The molecule has 0 aromatic carbocycles. The van der Waals surface area contributed by atoms with Crippen LogP contribution in [-0.2, 0) is 14.3 Å². The molecule has 110 valence electrons. The number of rotatable bonds is 1. The molecule has 2 rings (SSSR count). The van der Waals surface area contributed by atoms with Gasteiger partial charge in [0.2, 0.25) is 0 Å². The molecule has 0 bridgehead atoms. The molecule has 5 heteroatoms. The molecule has 2 heterocycles. The van der Waals surface area contributed by atoms with Gasteiger partial charge in [0, 0.05) is 0 Å². The van der Waals surface area contributed by atoms with Crippen molar-refractivity contribution in [2.45, 2.75) is 50.8 Å². The van der Waals surface area contributed by atoms with Crippen molar-refractivity contribution in [1.29, 1.82) is 0 Å². The van der Waals surface area contributed by atoms with E-state index in [9.17, 15) is 9.59 Å². The van der Waals surface area contributed by atoms with E-state index in [-0.39, 0.29) is 12.6 Å². The monoisotopic (exact) mass is 279 g/mol. The van der Waals surface area contributed by atoms with Gasteiger partial charge in [0.1, 0.15) is 12.2 Å². The highest BCUT2D eigenvalue weighted by atomic mass is 16.6. The third-order valence-corrected chi connectivity index (χ3v) is 3.50. The Morgan fingerprint density at radius 3 is 2.85 bits per heavy atom. The fourth-order valence-electron chi connectivity index (χ4n) is 2.67. The minimum absolute atomic E-state index is 0.222. The molecule has 1 amide bonds. The predicted octanol–water partition coefficient (Wildman–Crippen LogP) is 2.42. The summed E-state index contributed by atoms with van der Waals surface area (Å²) in [6.45, 7) is 9.39. The first kappa shape index (κ1) is 14.6. The fraction of sp³-hybridized carbons (Fsp3) is 0.600. The maximum atomic E-state index is 12.5. The van der Waals surface area contributed by atoms with Gasteiger partial charge >= 0.3 is 12.1 Å². The molecule has 0 aromatic rings. The highest BCUT2D eigenvalue weighted by molar-refractivity contribution is 5.90. The summed E-state index contributed by atoms with van der Waals surface area (Å²) in [7, 11) is 0. The molecular weight excluding hydrogens is 258 g/mol. The molecule has 1 saturated heterocycles. The van der Waals surface area contributed by atoms with Gasteiger partial charge in [0.25, 0.3) is 0 Å². The number of hydrogen-bond donors (Lipinski definition) is 0. The number of cyclic esters (lactones) is 1. The molecular formula is C15H21NO4. The molecule has 0 aliphatic carbocycles. The molecule has 1 spiro atoms. The molecule has 20 heavy (non-hydrogen) atoms. The van der Waals surface area contributed by atoms with Gasteiger partial charge < -0.3 is 9.47 Å². The van der Waals surface area contributed by atoms with E-state index in [4.69, 9.17) is 9.47 Å². The van der Waals surface area contributed by atoms with E-state index in [0.717, 1.165) is 0 Å². The van der Waals surface area contributed by atoms with Gasteiger partial charge in [0.15, 0.2) is 5.54 Å². The van der Waals surface area contributed by atoms with Gasteiger partial charge in [-0.15, -0.1) is 6.58 Å². The van der Waals surface area contributed by atoms with Crippen LogP contribution < -0.4 is 0 Å². The Bertz CT molecular complexity index is 463. The van der Waals surface area contributed by atoms with Crippen molar-refractivity contribution in [3.05, 3.63) is 24.8 Å². The summed E-state index contributed by atoms with van der Waals surface area (Å²) in [4.78, 5) is 26.1. The highest BCUT2D eigenvalue weighted by Crippen LogP contribution is 2.39. The van der Waals surface area contributed by atoms with Crippen LogP contribution in [0.3, 0.4) is 0 Å². The topological polar surface area (TPSA) is 55.8 Å². The maximum Gasteiger partial charge on any atom is 0.412 e. The third-order valence-electron chi connectivity index (χ3n) is 3.50. The average Bonchev–Trinajstić information content (AvgIpc) is 2.71. The van der Waals surface area contributed by atoms with Crippen LogP contribution in [0, 0.1) is 0 Å². The quantitative estimate of drug-likeness (QED) is 0.546. The van der Waals surface area contributed by atoms with E-state index in [1.807, 2.05) is 0 Å². The second-order valence-electron chi connectivity index (χ2n) is 6.12. The van der Waals surface area contributed by atoms with E-state index >= 15 is 0 Å². The van der Waals surface area contributed by atoms with Gasteiger partial charge in [-0.2, -0.15) is 0 Å². The van der Waals surface area contributed by atoms with E-state index in [2.05, 4.69) is 6.58 Å². The standard InChI is InChI=1S/C15H21NO4/c1-5-11-7-9-15(8-6-10-19-12(15)17)16(11)13(18)20-14(2,3)4/h5-6,8,11H,1,7,9-10H2,2-4H3/t11-,15+/m0/s1. The van der Waals surface area contributed by atoms with E-state index in [0.29, 0.717) is 12.8 Å². The largest absolute Gasteiger partial charge is 0.459 e. The van der Waals surface area contributed by atoms with Crippen LogP contribution in [0.4, 0.5) is 4.79 Å². The number of carbonyl (C=O) groups is 2. The Morgan fingerprint density at radius 2 is 2.30 bits per heavy atom. The number of amides is 1. The Morgan fingerprint density at radius 1 is 1.60 bits per heavy atom. The molecule has 2 atom stereocenters. The lowest BCUT2D eigenvalue weighted by Crippen LogP contribution is -2.56. The predicted molar refractivity (Wildman–Crippen MR) is 74.1 cm³/mol. The Labute approximate surface area is 119 Å². The number of nitrogens with zero attached hydrogens (tertiary/aromatic N) is 1. The lowest BCUT2D eigenvalue weighted by molar-refractivity contribution is -0.153. The Balaban J connectivity index is 2.35. The third kappa shape index (κ3) is 2.44. The van der Waals surface area contributed by atoms with Crippen molar-refractivity contribution in [3.8, 4) is 0 Å². The van der Waals surface area contributed by atoms with Crippen LogP contribution >= 0.6 is 0 Å². The summed E-state index contributed by atoms with van der Waals surface area (Å²) in [5.74, 6) is -0.393. The zero-order chi connectivity index (χ0) is 15.0.